The van der Waals surface area contributed by atoms with Crippen molar-refractivity contribution in [2.45, 2.75) is 0 Å². The summed E-state index contributed by atoms with van der Waals surface area (Å²) in [5.74, 6) is 0.724. The van der Waals surface area contributed by atoms with E-state index in [1.807, 2.05) is 0 Å². The SMILES string of the molecule is Clc1ccccc1OOOc1ccccc1Cl. The third-order valence-electron chi connectivity index (χ3n) is 1.92. The average Bonchev–Trinajstić information content (AvgIpc) is 2.34. The van der Waals surface area contributed by atoms with E-state index in [9.17, 15) is 0 Å². The molecule has 0 saturated carbocycles. The fourth-order valence-electron chi connectivity index (χ4n) is 1.11. The Hall–Kier alpha value is -1.42. The first-order valence-electron chi connectivity index (χ1n) is 4.77. The summed E-state index contributed by atoms with van der Waals surface area (Å²) in [6, 6.07) is 13.7. The van der Waals surface area contributed by atoms with Crippen molar-refractivity contribution in [3.63, 3.8) is 0 Å². The van der Waals surface area contributed by atoms with Crippen LogP contribution in [-0.2, 0) is 5.04 Å². The van der Waals surface area contributed by atoms with Gasteiger partial charge in [-0.3, -0.25) is 9.78 Å². The first-order valence-corrected chi connectivity index (χ1v) is 5.53. The molecule has 0 N–H and O–H groups in total. The van der Waals surface area contributed by atoms with E-state index in [0.29, 0.717) is 21.5 Å². The van der Waals surface area contributed by atoms with Gasteiger partial charge in [0.1, 0.15) is 0 Å². The predicted octanol–water partition coefficient (Wildman–Crippen LogP) is 4.30. The number of rotatable bonds is 4. The van der Waals surface area contributed by atoms with E-state index in [1.54, 1.807) is 48.5 Å². The van der Waals surface area contributed by atoms with Gasteiger partial charge in [0.05, 0.1) is 10.0 Å². The van der Waals surface area contributed by atoms with Crippen molar-refractivity contribution in [1.82, 2.24) is 0 Å². The molecule has 2 rings (SSSR count). The highest BCUT2D eigenvalue weighted by Gasteiger charge is 2.04. The Balaban J connectivity index is 1.93. The van der Waals surface area contributed by atoms with Gasteiger partial charge in [0.2, 0.25) is 0 Å². The van der Waals surface area contributed by atoms with Gasteiger partial charge >= 0.3 is 0 Å². The molecule has 0 aliphatic carbocycles. The molecule has 0 bridgehead atoms. The van der Waals surface area contributed by atoms with Crippen LogP contribution in [0, 0.1) is 0 Å². The van der Waals surface area contributed by atoms with E-state index in [4.69, 9.17) is 33.0 Å². The Morgan fingerprint density at radius 1 is 0.647 bits per heavy atom. The van der Waals surface area contributed by atoms with Crippen LogP contribution in [-0.4, -0.2) is 0 Å². The van der Waals surface area contributed by atoms with Crippen molar-refractivity contribution in [1.29, 1.82) is 0 Å². The summed E-state index contributed by atoms with van der Waals surface area (Å²) in [5.41, 5.74) is 0. The molecule has 0 aliphatic heterocycles. The third-order valence-corrected chi connectivity index (χ3v) is 2.55. The highest BCUT2D eigenvalue weighted by atomic mass is 35.5. The van der Waals surface area contributed by atoms with E-state index in [0.717, 1.165) is 0 Å². The minimum atomic E-state index is 0.362. The molecule has 0 heterocycles. The summed E-state index contributed by atoms with van der Waals surface area (Å²) in [7, 11) is 0. The van der Waals surface area contributed by atoms with Gasteiger partial charge in [-0.15, -0.1) is 0 Å². The summed E-state index contributed by atoms with van der Waals surface area (Å²) < 4.78 is 0. The fourth-order valence-corrected chi connectivity index (χ4v) is 1.45. The van der Waals surface area contributed by atoms with E-state index in [1.165, 1.54) is 0 Å². The van der Waals surface area contributed by atoms with Gasteiger partial charge in [-0.2, -0.15) is 0 Å². The maximum absolute atomic E-state index is 5.85. The number of para-hydroxylation sites is 2. The zero-order valence-corrected chi connectivity index (χ0v) is 10.1. The first-order chi connectivity index (χ1) is 8.27. The van der Waals surface area contributed by atoms with Gasteiger partial charge < -0.3 is 0 Å². The zero-order valence-electron chi connectivity index (χ0n) is 8.60. The topological polar surface area (TPSA) is 27.7 Å². The van der Waals surface area contributed by atoms with Crippen molar-refractivity contribution >= 4 is 23.2 Å². The number of hydrogen-bond acceptors (Lipinski definition) is 3. The molecule has 0 aliphatic rings. The van der Waals surface area contributed by atoms with Crippen LogP contribution in [0.5, 0.6) is 11.5 Å². The largest absolute Gasteiger partial charge is 0.298 e. The summed E-state index contributed by atoms with van der Waals surface area (Å²) in [6.45, 7) is 0. The summed E-state index contributed by atoms with van der Waals surface area (Å²) >= 11 is 11.7. The van der Waals surface area contributed by atoms with E-state index < -0.39 is 0 Å². The maximum Gasteiger partial charge on any atom is 0.188 e. The van der Waals surface area contributed by atoms with Crippen LogP contribution in [0.4, 0.5) is 0 Å². The number of halogens is 2. The molecule has 0 saturated heterocycles. The predicted molar refractivity (Wildman–Crippen MR) is 65.2 cm³/mol. The normalized spacial score (nSPS) is 10.0. The van der Waals surface area contributed by atoms with E-state index in [2.05, 4.69) is 5.04 Å². The highest BCUT2D eigenvalue weighted by molar-refractivity contribution is 6.32. The number of benzene rings is 2. The standard InChI is InChI=1S/C12H8Cl2O3/c13-9-5-1-3-7-11(9)15-17-16-12-8-4-2-6-10(12)14/h1-8H. The zero-order chi connectivity index (χ0) is 12.1. The maximum atomic E-state index is 5.85. The fraction of sp³-hybridized carbons (Fsp3) is 0. The van der Waals surface area contributed by atoms with Crippen LogP contribution < -0.4 is 9.78 Å². The average molecular weight is 271 g/mol. The van der Waals surface area contributed by atoms with Gasteiger partial charge in [-0.25, -0.2) is 0 Å². The second-order valence-corrected chi connectivity index (χ2v) is 3.91. The van der Waals surface area contributed by atoms with Crippen molar-refractivity contribution in [2.75, 3.05) is 0 Å². The van der Waals surface area contributed by atoms with Crippen LogP contribution in [0.3, 0.4) is 0 Å². The lowest BCUT2D eigenvalue weighted by Gasteiger charge is -2.06. The van der Waals surface area contributed by atoms with Gasteiger partial charge in [-0.1, -0.05) is 47.5 Å². The lowest BCUT2D eigenvalue weighted by atomic mass is 10.3. The lowest BCUT2D eigenvalue weighted by molar-refractivity contribution is -0.411. The molecule has 17 heavy (non-hydrogen) atoms. The molecule has 0 spiro atoms. The molecular formula is C12H8Cl2O3. The highest BCUT2D eigenvalue weighted by Crippen LogP contribution is 2.26. The van der Waals surface area contributed by atoms with Crippen LogP contribution in [0.2, 0.25) is 10.0 Å². The molecule has 0 amide bonds. The summed E-state index contributed by atoms with van der Waals surface area (Å²) in [6.07, 6.45) is 0. The molecule has 2 aromatic rings. The Morgan fingerprint density at radius 2 is 1.06 bits per heavy atom. The molecule has 0 aromatic heterocycles. The van der Waals surface area contributed by atoms with Crippen LogP contribution >= 0.6 is 23.2 Å². The summed E-state index contributed by atoms with van der Waals surface area (Å²) in [4.78, 5) is 9.77. The van der Waals surface area contributed by atoms with Crippen molar-refractivity contribution < 1.29 is 14.8 Å². The Bertz CT molecular complexity index is 457. The molecule has 88 valence electrons. The Labute approximate surface area is 108 Å². The van der Waals surface area contributed by atoms with Gasteiger partial charge in [0, 0.05) is 5.04 Å². The lowest BCUT2D eigenvalue weighted by Crippen LogP contribution is -2.02. The van der Waals surface area contributed by atoms with Gasteiger partial charge in [0.15, 0.2) is 11.5 Å². The second kappa shape index (κ2) is 5.77. The van der Waals surface area contributed by atoms with Crippen LogP contribution in [0.25, 0.3) is 0 Å². The Kier molecular flexibility index (Phi) is 4.09. The van der Waals surface area contributed by atoms with Gasteiger partial charge in [-0.05, 0) is 24.3 Å². The van der Waals surface area contributed by atoms with Crippen LogP contribution in [0.15, 0.2) is 48.5 Å². The third kappa shape index (κ3) is 3.27. The minimum absolute atomic E-state index is 0.362. The molecule has 5 heteroatoms. The van der Waals surface area contributed by atoms with E-state index in [-0.39, 0.29) is 0 Å². The Morgan fingerprint density at radius 3 is 1.47 bits per heavy atom. The molecule has 0 radical (unpaired) electrons. The first kappa shape index (κ1) is 12.0. The molecule has 2 aromatic carbocycles. The quantitative estimate of drug-likeness (QED) is 0.613. The summed E-state index contributed by atoms with van der Waals surface area (Å²) in [5, 5.41) is 5.45. The second-order valence-electron chi connectivity index (χ2n) is 3.10. The molecule has 0 fully saturated rings. The van der Waals surface area contributed by atoms with E-state index >= 15 is 0 Å². The van der Waals surface area contributed by atoms with Gasteiger partial charge in [0.25, 0.3) is 0 Å². The number of hydrogen-bond donors (Lipinski definition) is 0. The molecule has 0 unspecified atom stereocenters. The van der Waals surface area contributed by atoms with Crippen molar-refractivity contribution in [3.05, 3.63) is 58.6 Å². The van der Waals surface area contributed by atoms with Crippen LogP contribution in [0.1, 0.15) is 0 Å². The monoisotopic (exact) mass is 270 g/mol. The molecule has 3 nitrogen and oxygen atoms in total. The van der Waals surface area contributed by atoms with Crippen molar-refractivity contribution in [2.24, 2.45) is 0 Å². The molecule has 0 atom stereocenters. The van der Waals surface area contributed by atoms with Crippen molar-refractivity contribution in [3.8, 4) is 11.5 Å². The minimum Gasteiger partial charge on any atom is -0.298 e. The molecular weight excluding hydrogens is 263 g/mol. The smallest absolute Gasteiger partial charge is 0.188 e.